The zero-order valence-corrected chi connectivity index (χ0v) is 8.60. The maximum atomic E-state index is 10.6. The van der Waals surface area contributed by atoms with E-state index in [1.165, 1.54) is 29.2 Å². The zero-order valence-electron chi connectivity index (χ0n) is 8.60. The molecule has 6 heteroatoms. The van der Waals surface area contributed by atoms with Crippen LogP contribution in [0.3, 0.4) is 0 Å². The summed E-state index contributed by atoms with van der Waals surface area (Å²) in [6.45, 7) is 2.23. The molecule has 1 N–H and O–H groups in total. The number of carbonyl (C=O) groups is 4. The summed E-state index contributed by atoms with van der Waals surface area (Å²) in [7, 11) is 0. The van der Waals surface area contributed by atoms with Crippen LogP contribution in [0.15, 0.2) is 24.3 Å². The molecule has 6 nitrogen and oxygen atoms in total. The van der Waals surface area contributed by atoms with Crippen LogP contribution in [0.25, 0.3) is 0 Å². The molecule has 0 aliphatic carbocycles. The number of imide groups is 2. The van der Waals surface area contributed by atoms with Gasteiger partial charge in [-0.25, -0.2) is 0 Å². The molecule has 0 saturated carbocycles. The summed E-state index contributed by atoms with van der Waals surface area (Å²) < 4.78 is 0. The number of amides is 4. The van der Waals surface area contributed by atoms with E-state index in [4.69, 9.17) is 0 Å². The van der Waals surface area contributed by atoms with Gasteiger partial charge >= 0.3 is 0 Å². The molecule has 0 saturated heterocycles. The van der Waals surface area contributed by atoms with Gasteiger partial charge in [-0.2, -0.15) is 0 Å². The van der Waals surface area contributed by atoms with Crippen molar-refractivity contribution < 1.29 is 19.2 Å². The smallest absolute Gasteiger partial charge is 0.253 e. The molecule has 0 unspecified atom stereocenters. The number of nitrogens with zero attached hydrogens (tertiary/aromatic N) is 1. The predicted octanol–water partition coefficient (Wildman–Crippen LogP) is -0.870. The van der Waals surface area contributed by atoms with Gasteiger partial charge in [0.1, 0.15) is 0 Å². The van der Waals surface area contributed by atoms with Crippen molar-refractivity contribution in [2.75, 3.05) is 6.54 Å². The fourth-order valence-corrected chi connectivity index (χ4v) is 1.10. The van der Waals surface area contributed by atoms with Crippen LogP contribution in [0.5, 0.6) is 0 Å². The highest BCUT2D eigenvalue weighted by Crippen LogP contribution is 2.00. The lowest BCUT2D eigenvalue weighted by atomic mass is 10.5. The van der Waals surface area contributed by atoms with E-state index in [9.17, 15) is 19.2 Å². The van der Waals surface area contributed by atoms with Gasteiger partial charge in [0.2, 0.25) is 0 Å². The molecule has 0 atom stereocenters. The number of nitrogens with one attached hydrogen (secondary N) is 1. The number of hydrogen-bond donors (Lipinski definition) is 1. The Morgan fingerprint density at radius 3 is 1.56 bits per heavy atom. The third-order valence-corrected chi connectivity index (χ3v) is 1.85. The number of rotatable bonds is 1. The molecule has 84 valence electrons. The Kier molecular flexibility index (Phi) is 3.71. The molecule has 0 aromatic carbocycles. The molecule has 0 fully saturated rings. The maximum absolute atomic E-state index is 10.6. The lowest BCUT2D eigenvalue weighted by Gasteiger charge is -2.08. The average molecular weight is 222 g/mol. The Bertz CT molecular complexity index is 375. The van der Waals surface area contributed by atoms with Crippen LogP contribution >= 0.6 is 0 Å². The van der Waals surface area contributed by atoms with E-state index in [0.29, 0.717) is 6.54 Å². The molecular weight excluding hydrogens is 212 g/mol. The van der Waals surface area contributed by atoms with Crippen molar-refractivity contribution in [2.45, 2.75) is 6.92 Å². The second-order valence-electron chi connectivity index (χ2n) is 2.94. The van der Waals surface area contributed by atoms with E-state index in [0.717, 1.165) is 0 Å². The highest BCUT2D eigenvalue weighted by molar-refractivity contribution is 6.13. The van der Waals surface area contributed by atoms with Crippen LogP contribution in [0, 0.1) is 0 Å². The standard InChI is InChI=1S/C6H7NO2.C4H3NO2/c1-2-7-5(8)3-4-6(7)9;6-3-1-2-4(7)5-3/h3-4H,2H2,1H3;1-2H,(H,5,6,7). The number of likely N-dealkylation sites (N-methyl/N-ethyl adjacent to an activating group) is 1. The Hall–Kier alpha value is -2.24. The third-order valence-electron chi connectivity index (χ3n) is 1.85. The van der Waals surface area contributed by atoms with E-state index in [-0.39, 0.29) is 23.6 Å². The van der Waals surface area contributed by atoms with Crippen molar-refractivity contribution in [3.8, 4) is 0 Å². The van der Waals surface area contributed by atoms with E-state index < -0.39 is 0 Å². The van der Waals surface area contributed by atoms with Crippen LogP contribution < -0.4 is 5.32 Å². The van der Waals surface area contributed by atoms with E-state index >= 15 is 0 Å². The van der Waals surface area contributed by atoms with Crippen LogP contribution in [-0.2, 0) is 19.2 Å². The van der Waals surface area contributed by atoms with Crippen molar-refractivity contribution in [3.05, 3.63) is 24.3 Å². The van der Waals surface area contributed by atoms with Gasteiger partial charge in [0.15, 0.2) is 0 Å². The summed E-state index contributed by atoms with van der Waals surface area (Å²) in [4.78, 5) is 42.5. The minimum absolute atomic E-state index is 0.206. The molecule has 2 aliphatic rings. The first-order chi connectivity index (χ1) is 7.54. The van der Waals surface area contributed by atoms with Gasteiger partial charge in [0.25, 0.3) is 23.6 Å². The summed E-state index contributed by atoms with van der Waals surface area (Å²) in [5.41, 5.74) is 0. The summed E-state index contributed by atoms with van der Waals surface area (Å²) >= 11 is 0. The third kappa shape index (κ3) is 2.88. The Morgan fingerprint density at radius 2 is 1.38 bits per heavy atom. The van der Waals surface area contributed by atoms with E-state index in [2.05, 4.69) is 0 Å². The van der Waals surface area contributed by atoms with Crippen LogP contribution in [-0.4, -0.2) is 35.1 Å². The van der Waals surface area contributed by atoms with E-state index in [1.807, 2.05) is 5.32 Å². The average Bonchev–Trinajstić information content (AvgIpc) is 2.75. The van der Waals surface area contributed by atoms with Crippen molar-refractivity contribution in [1.29, 1.82) is 0 Å². The maximum Gasteiger partial charge on any atom is 0.253 e. The first-order valence-electron chi connectivity index (χ1n) is 4.61. The molecular formula is C10H10N2O4. The summed E-state index contributed by atoms with van der Waals surface area (Å²) in [6.07, 6.45) is 4.96. The molecule has 0 radical (unpaired) electrons. The molecule has 0 bridgehead atoms. The minimum Gasteiger partial charge on any atom is -0.289 e. The molecule has 16 heavy (non-hydrogen) atoms. The highest BCUT2D eigenvalue weighted by atomic mass is 16.2. The lowest BCUT2D eigenvalue weighted by Crippen LogP contribution is -2.29. The van der Waals surface area contributed by atoms with Crippen LogP contribution in [0.4, 0.5) is 0 Å². The molecule has 4 amide bonds. The van der Waals surface area contributed by atoms with Crippen LogP contribution in [0.2, 0.25) is 0 Å². The summed E-state index contributed by atoms with van der Waals surface area (Å²) in [6, 6.07) is 0. The SMILES string of the molecule is CCN1C(=O)C=CC1=O.O=C1C=CC(=O)N1. The Morgan fingerprint density at radius 1 is 0.938 bits per heavy atom. The Balaban J connectivity index is 0.000000165. The molecule has 2 heterocycles. The van der Waals surface area contributed by atoms with Gasteiger partial charge in [-0.3, -0.25) is 29.4 Å². The second kappa shape index (κ2) is 5.01. The molecule has 2 aliphatic heterocycles. The van der Waals surface area contributed by atoms with Crippen molar-refractivity contribution >= 4 is 23.6 Å². The topological polar surface area (TPSA) is 83.6 Å². The van der Waals surface area contributed by atoms with E-state index in [1.54, 1.807) is 6.92 Å². The molecule has 2 rings (SSSR count). The molecule has 0 spiro atoms. The lowest BCUT2D eigenvalue weighted by molar-refractivity contribution is -0.136. The van der Waals surface area contributed by atoms with Crippen LogP contribution in [0.1, 0.15) is 6.92 Å². The first-order valence-corrected chi connectivity index (χ1v) is 4.61. The fourth-order valence-electron chi connectivity index (χ4n) is 1.10. The summed E-state index contributed by atoms with van der Waals surface area (Å²) in [5, 5.41) is 2.03. The van der Waals surface area contributed by atoms with Gasteiger partial charge in [0, 0.05) is 30.8 Å². The van der Waals surface area contributed by atoms with Gasteiger partial charge in [-0.1, -0.05) is 0 Å². The number of hydrogen-bond acceptors (Lipinski definition) is 4. The molecule has 0 aromatic heterocycles. The largest absolute Gasteiger partial charge is 0.289 e. The monoisotopic (exact) mass is 222 g/mol. The van der Waals surface area contributed by atoms with Crippen molar-refractivity contribution in [3.63, 3.8) is 0 Å². The van der Waals surface area contributed by atoms with Gasteiger partial charge in [0.05, 0.1) is 0 Å². The quantitative estimate of drug-likeness (QED) is 0.584. The fraction of sp³-hybridized carbons (Fsp3) is 0.200. The molecule has 0 aromatic rings. The van der Waals surface area contributed by atoms with Crippen molar-refractivity contribution in [1.82, 2.24) is 10.2 Å². The zero-order chi connectivity index (χ0) is 12.1. The van der Waals surface area contributed by atoms with Gasteiger partial charge < -0.3 is 0 Å². The Labute approximate surface area is 91.6 Å². The van der Waals surface area contributed by atoms with Crippen molar-refractivity contribution in [2.24, 2.45) is 0 Å². The number of carbonyl (C=O) groups excluding carboxylic acids is 4. The summed E-state index contributed by atoms with van der Waals surface area (Å²) in [5.74, 6) is -1.07. The second-order valence-corrected chi connectivity index (χ2v) is 2.94. The highest BCUT2D eigenvalue weighted by Gasteiger charge is 2.20. The normalized spacial score (nSPS) is 17.7. The van der Waals surface area contributed by atoms with Gasteiger partial charge in [-0.05, 0) is 6.92 Å². The first kappa shape index (κ1) is 11.8. The predicted molar refractivity (Wildman–Crippen MR) is 53.8 cm³/mol. The van der Waals surface area contributed by atoms with Gasteiger partial charge in [-0.15, -0.1) is 0 Å². The minimum atomic E-state index is -0.329.